The fourth-order valence-electron chi connectivity index (χ4n) is 4.29. The number of hydrogen-bond acceptors (Lipinski definition) is 5. The third kappa shape index (κ3) is 4.44. The lowest BCUT2D eigenvalue weighted by atomic mass is 10.0. The van der Waals surface area contributed by atoms with E-state index in [2.05, 4.69) is 4.98 Å². The molecule has 33 heavy (non-hydrogen) atoms. The van der Waals surface area contributed by atoms with Gasteiger partial charge in [0.25, 0.3) is 5.91 Å². The number of halogens is 1. The van der Waals surface area contributed by atoms with Crippen molar-refractivity contribution in [1.29, 1.82) is 0 Å². The molecule has 170 valence electrons. The van der Waals surface area contributed by atoms with Crippen LogP contribution in [0, 0.1) is 0 Å². The van der Waals surface area contributed by atoms with Gasteiger partial charge in [-0.05, 0) is 35.9 Å². The fourth-order valence-corrected chi connectivity index (χ4v) is 4.42. The highest BCUT2D eigenvalue weighted by Gasteiger charge is 2.49. The van der Waals surface area contributed by atoms with Crippen molar-refractivity contribution >= 4 is 29.3 Å². The first-order valence-electron chi connectivity index (χ1n) is 10.7. The molecule has 3 aromatic rings. The first kappa shape index (κ1) is 21.5. The molecular weight excluding hydrogens is 444 g/mol. The zero-order valence-corrected chi connectivity index (χ0v) is 18.6. The molecule has 0 radical (unpaired) electrons. The van der Waals surface area contributed by atoms with Crippen LogP contribution in [0.2, 0.25) is 5.02 Å². The number of rotatable bonds is 4. The van der Waals surface area contributed by atoms with E-state index in [0.29, 0.717) is 36.0 Å². The zero-order chi connectivity index (χ0) is 22.8. The van der Waals surface area contributed by atoms with Gasteiger partial charge in [-0.1, -0.05) is 29.8 Å². The number of anilines is 1. The molecule has 2 aromatic carbocycles. The molecule has 2 saturated heterocycles. The minimum atomic E-state index is -0.942. The number of amides is 2. The molecule has 1 atom stereocenters. The average molecular weight is 467 g/mol. The Balaban J connectivity index is 1.38. The second kappa shape index (κ2) is 8.88. The molecule has 8 nitrogen and oxygen atoms in total. The van der Waals surface area contributed by atoms with Crippen molar-refractivity contribution in [3.05, 3.63) is 83.4 Å². The quantitative estimate of drug-likeness (QED) is 0.588. The van der Waals surface area contributed by atoms with E-state index in [1.807, 2.05) is 35.0 Å². The summed E-state index contributed by atoms with van der Waals surface area (Å²) in [5.41, 5.74) is 1.25. The van der Waals surface area contributed by atoms with Crippen LogP contribution in [0.15, 0.2) is 67.3 Å². The smallest absolute Gasteiger partial charge is 0.415 e. The lowest BCUT2D eigenvalue weighted by Crippen LogP contribution is -2.49. The van der Waals surface area contributed by atoms with Crippen molar-refractivity contribution in [3.8, 4) is 0 Å². The maximum Gasteiger partial charge on any atom is 0.415 e. The average Bonchev–Trinajstić information content (AvgIpc) is 3.38. The van der Waals surface area contributed by atoms with E-state index in [4.69, 9.17) is 21.1 Å². The molecule has 2 aliphatic heterocycles. The van der Waals surface area contributed by atoms with Crippen molar-refractivity contribution in [2.75, 3.05) is 37.7 Å². The number of hydrogen-bond donors (Lipinski definition) is 0. The van der Waals surface area contributed by atoms with Crippen LogP contribution in [-0.4, -0.2) is 64.9 Å². The van der Waals surface area contributed by atoms with E-state index < -0.39 is 11.7 Å². The van der Waals surface area contributed by atoms with Crippen molar-refractivity contribution < 1.29 is 19.1 Å². The Hall–Kier alpha value is -3.36. The minimum absolute atomic E-state index is 0.114. The lowest BCUT2D eigenvalue weighted by Gasteiger charge is -2.30. The number of carbonyl (C=O) groups is 2. The molecule has 0 bridgehead atoms. The summed E-state index contributed by atoms with van der Waals surface area (Å²) >= 11 is 5.98. The minimum Gasteiger partial charge on any atom is -0.436 e. The summed E-state index contributed by atoms with van der Waals surface area (Å²) in [5.74, 6) is -0.114. The lowest BCUT2D eigenvalue weighted by molar-refractivity contribution is -0.0140. The predicted molar refractivity (Wildman–Crippen MR) is 123 cm³/mol. The van der Waals surface area contributed by atoms with Crippen LogP contribution in [0.4, 0.5) is 10.5 Å². The van der Waals surface area contributed by atoms with E-state index in [9.17, 15) is 9.59 Å². The molecule has 2 fully saturated rings. The summed E-state index contributed by atoms with van der Waals surface area (Å²) in [6.07, 6.45) is 4.83. The van der Waals surface area contributed by atoms with Crippen molar-refractivity contribution in [3.63, 3.8) is 0 Å². The summed E-state index contributed by atoms with van der Waals surface area (Å²) in [5, 5.41) is 0.588. The van der Waals surface area contributed by atoms with E-state index in [1.54, 1.807) is 46.6 Å². The Kier molecular flexibility index (Phi) is 5.78. The SMILES string of the molecule is O=C(c1ccccc1Cn1ccnc1)N1CCOC[C@]2(C1)CN(c1ccc(Cl)cc1)C(=O)O2. The Morgan fingerprint density at radius 2 is 1.94 bits per heavy atom. The Labute approximate surface area is 196 Å². The number of imidazole rings is 1. The van der Waals surface area contributed by atoms with Gasteiger partial charge in [0.05, 0.1) is 32.6 Å². The third-order valence-electron chi connectivity index (χ3n) is 5.91. The number of aromatic nitrogens is 2. The van der Waals surface area contributed by atoms with Gasteiger partial charge in [-0.2, -0.15) is 0 Å². The van der Waals surface area contributed by atoms with Crippen LogP contribution in [0.3, 0.4) is 0 Å². The van der Waals surface area contributed by atoms with Gasteiger partial charge >= 0.3 is 6.09 Å². The molecule has 2 aliphatic rings. The molecule has 3 heterocycles. The molecular formula is C24H23ClN4O4. The van der Waals surface area contributed by atoms with Gasteiger partial charge in [0.15, 0.2) is 5.60 Å². The Bertz CT molecular complexity index is 1150. The van der Waals surface area contributed by atoms with E-state index >= 15 is 0 Å². The first-order valence-corrected chi connectivity index (χ1v) is 11.1. The van der Waals surface area contributed by atoms with Crippen LogP contribution in [-0.2, 0) is 16.0 Å². The molecule has 1 aromatic heterocycles. The second-order valence-corrected chi connectivity index (χ2v) is 8.72. The van der Waals surface area contributed by atoms with Crippen molar-refractivity contribution in [2.24, 2.45) is 0 Å². The normalized spacial score (nSPS) is 20.7. The van der Waals surface area contributed by atoms with Gasteiger partial charge < -0.3 is 18.9 Å². The van der Waals surface area contributed by atoms with E-state index in [0.717, 1.165) is 5.56 Å². The van der Waals surface area contributed by atoms with Gasteiger partial charge in [-0.25, -0.2) is 9.78 Å². The number of benzene rings is 2. The molecule has 0 aliphatic carbocycles. The number of carbonyl (C=O) groups excluding carboxylic acids is 2. The van der Waals surface area contributed by atoms with Crippen molar-refractivity contribution in [2.45, 2.75) is 12.1 Å². The van der Waals surface area contributed by atoms with Gasteiger partial charge in [-0.3, -0.25) is 9.69 Å². The van der Waals surface area contributed by atoms with Gasteiger partial charge in [-0.15, -0.1) is 0 Å². The van der Waals surface area contributed by atoms with E-state index in [-0.39, 0.29) is 25.6 Å². The van der Waals surface area contributed by atoms with Gasteiger partial charge in [0.2, 0.25) is 0 Å². The summed E-state index contributed by atoms with van der Waals surface area (Å²) in [6, 6.07) is 14.5. The molecule has 5 rings (SSSR count). The summed E-state index contributed by atoms with van der Waals surface area (Å²) in [6.45, 7) is 2.09. The van der Waals surface area contributed by atoms with Crippen LogP contribution in [0.1, 0.15) is 15.9 Å². The Morgan fingerprint density at radius 1 is 1.12 bits per heavy atom. The maximum absolute atomic E-state index is 13.6. The highest BCUT2D eigenvalue weighted by atomic mass is 35.5. The summed E-state index contributed by atoms with van der Waals surface area (Å²) in [7, 11) is 0. The molecule has 1 spiro atoms. The van der Waals surface area contributed by atoms with Crippen LogP contribution >= 0.6 is 11.6 Å². The summed E-state index contributed by atoms with van der Waals surface area (Å²) in [4.78, 5) is 33.7. The molecule has 0 saturated carbocycles. The second-order valence-electron chi connectivity index (χ2n) is 8.29. The fraction of sp³-hybridized carbons (Fsp3) is 0.292. The molecule has 9 heteroatoms. The monoisotopic (exact) mass is 466 g/mol. The summed E-state index contributed by atoms with van der Waals surface area (Å²) < 4.78 is 13.5. The standard InChI is InChI=1S/C24H23ClN4O4/c25-19-5-7-20(8-6-19)29-15-24(33-23(29)31)14-28(11-12-32-16-24)22(30)21-4-2-1-3-18(21)13-27-10-9-26-17-27/h1-10,17H,11-16H2/t24-/m0/s1. The van der Waals surface area contributed by atoms with Gasteiger partial charge in [0.1, 0.15) is 0 Å². The number of ether oxygens (including phenoxy) is 2. The molecule has 0 unspecified atom stereocenters. The Morgan fingerprint density at radius 3 is 2.73 bits per heavy atom. The van der Waals surface area contributed by atoms with Crippen LogP contribution in [0.25, 0.3) is 0 Å². The molecule has 2 amide bonds. The first-order chi connectivity index (χ1) is 16.0. The van der Waals surface area contributed by atoms with Crippen LogP contribution < -0.4 is 4.90 Å². The largest absolute Gasteiger partial charge is 0.436 e. The highest BCUT2D eigenvalue weighted by Crippen LogP contribution is 2.31. The zero-order valence-electron chi connectivity index (χ0n) is 17.9. The highest BCUT2D eigenvalue weighted by molar-refractivity contribution is 6.30. The van der Waals surface area contributed by atoms with E-state index in [1.165, 1.54) is 0 Å². The van der Waals surface area contributed by atoms with Crippen LogP contribution in [0.5, 0.6) is 0 Å². The third-order valence-corrected chi connectivity index (χ3v) is 6.16. The number of nitrogens with zero attached hydrogens (tertiary/aromatic N) is 4. The van der Waals surface area contributed by atoms with Crippen molar-refractivity contribution in [1.82, 2.24) is 14.5 Å². The molecule has 0 N–H and O–H groups in total. The predicted octanol–water partition coefficient (Wildman–Crippen LogP) is 3.45. The topological polar surface area (TPSA) is 76.9 Å². The van der Waals surface area contributed by atoms with Gasteiger partial charge in [0, 0.05) is 41.8 Å². The maximum atomic E-state index is 13.6.